The van der Waals surface area contributed by atoms with E-state index in [-0.39, 0.29) is 0 Å². The van der Waals surface area contributed by atoms with Crippen molar-refractivity contribution in [2.24, 2.45) is 0 Å². The van der Waals surface area contributed by atoms with Crippen molar-refractivity contribution in [3.8, 4) is 17.2 Å². The van der Waals surface area contributed by atoms with Crippen molar-refractivity contribution >= 4 is 17.1 Å². The fourth-order valence-corrected chi connectivity index (χ4v) is 2.32. The molecule has 0 unspecified atom stereocenters. The minimum atomic E-state index is 0.360. The van der Waals surface area contributed by atoms with Gasteiger partial charge in [0.1, 0.15) is 17.0 Å². The monoisotopic (exact) mass is 284 g/mol. The standard InChI is InChI=1S/C15H16N4O2/c1-9-6-7-17-14-13(9)18-15(16)19(14)11-8-10(20-2)4-5-12(11)21-3/h4-8H,1-3H3,(H2,16,18). The Labute approximate surface area is 122 Å². The summed E-state index contributed by atoms with van der Waals surface area (Å²) in [5.41, 5.74) is 9.32. The lowest BCUT2D eigenvalue weighted by molar-refractivity contribution is 0.402. The van der Waals surface area contributed by atoms with Gasteiger partial charge in [-0.05, 0) is 30.7 Å². The van der Waals surface area contributed by atoms with Crippen LogP contribution >= 0.6 is 0 Å². The zero-order valence-corrected chi connectivity index (χ0v) is 12.1. The lowest BCUT2D eigenvalue weighted by Crippen LogP contribution is -2.04. The molecule has 0 aliphatic heterocycles. The van der Waals surface area contributed by atoms with Crippen LogP contribution in [0.1, 0.15) is 5.56 Å². The van der Waals surface area contributed by atoms with E-state index in [0.29, 0.717) is 23.1 Å². The van der Waals surface area contributed by atoms with Crippen LogP contribution in [0.5, 0.6) is 11.5 Å². The Morgan fingerprint density at radius 2 is 1.95 bits per heavy atom. The summed E-state index contributed by atoms with van der Waals surface area (Å²) in [6, 6.07) is 7.41. The predicted molar refractivity (Wildman–Crippen MR) is 81.1 cm³/mol. The molecule has 0 spiro atoms. The number of fused-ring (bicyclic) bond motifs is 1. The van der Waals surface area contributed by atoms with Gasteiger partial charge in [-0.3, -0.25) is 4.57 Å². The van der Waals surface area contributed by atoms with E-state index in [1.54, 1.807) is 25.0 Å². The highest BCUT2D eigenvalue weighted by Crippen LogP contribution is 2.32. The van der Waals surface area contributed by atoms with Crippen molar-refractivity contribution < 1.29 is 9.47 Å². The van der Waals surface area contributed by atoms with Gasteiger partial charge < -0.3 is 15.2 Å². The first-order valence-electron chi connectivity index (χ1n) is 6.47. The summed E-state index contributed by atoms with van der Waals surface area (Å²) in [5.74, 6) is 1.74. The van der Waals surface area contributed by atoms with E-state index in [9.17, 15) is 0 Å². The Balaban J connectivity index is 2.34. The molecule has 6 heteroatoms. The number of nitrogens with two attached hydrogens (primary N) is 1. The van der Waals surface area contributed by atoms with E-state index < -0.39 is 0 Å². The maximum atomic E-state index is 6.08. The van der Waals surface area contributed by atoms with Gasteiger partial charge in [0.15, 0.2) is 5.65 Å². The second kappa shape index (κ2) is 4.97. The van der Waals surface area contributed by atoms with Crippen molar-refractivity contribution in [1.82, 2.24) is 14.5 Å². The van der Waals surface area contributed by atoms with Crippen molar-refractivity contribution in [3.63, 3.8) is 0 Å². The maximum Gasteiger partial charge on any atom is 0.207 e. The molecule has 0 amide bonds. The number of imidazole rings is 1. The Kier molecular flexibility index (Phi) is 3.13. The molecule has 0 bridgehead atoms. The van der Waals surface area contributed by atoms with Crippen LogP contribution in [0.4, 0.5) is 5.95 Å². The zero-order chi connectivity index (χ0) is 15.0. The van der Waals surface area contributed by atoms with Gasteiger partial charge in [-0.25, -0.2) is 9.97 Å². The normalized spacial score (nSPS) is 10.8. The number of aromatic nitrogens is 3. The van der Waals surface area contributed by atoms with Crippen LogP contribution < -0.4 is 15.2 Å². The molecular formula is C15H16N4O2. The molecule has 0 fully saturated rings. The fourth-order valence-electron chi connectivity index (χ4n) is 2.32. The summed E-state index contributed by atoms with van der Waals surface area (Å²) in [6.07, 6.45) is 1.74. The van der Waals surface area contributed by atoms with Gasteiger partial charge in [0, 0.05) is 12.3 Å². The number of nitrogen functional groups attached to an aromatic ring is 1. The SMILES string of the molecule is COc1ccc(OC)c(-n2c(N)nc3c(C)ccnc32)c1. The maximum absolute atomic E-state index is 6.08. The first-order chi connectivity index (χ1) is 10.2. The van der Waals surface area contributed by atoms with Crippen LogP contribution in [0.3, 0.4) is 0 Å². The molecule has 3 rings (SSSR count). The molecule has 2 heterocycles. The summed E-state index contributed by atoms with van der Waals surface area (Å²) < 4.78 is 12.5. The molecule has 2 aromatic heterocycles. The minimum Gasteiger partial charge on any atom is -0.497 e. The quantitative estimate of drug-likeness (QED) is 0.799. The average molecular weight is 284 g/mol. The van der Waals surface area contributed by atoms with Gasteiger partial charge in [-0.2, -0.15) is 0 Å². The average Bonchev–Trinajstić information content (AvgIpc) is 2.84. The molecule has 0 saturated carbocycles. The van der Waals surface area contributed by atoms with Crippen LogP contribution in [0.25, 0.3) is 16.9 Å². The molecule has 0 atom stereocenters. The number of aryl methyl sites for hydroxylation is 1. The molecule has 6 nitrogen and oxygen atoms in total. The van der Waals surface area contributed by atoms with E-state index in [4.69, 9.17) is 15.2 Å². The summed E-state index contributed by atoms with van der Waals surface area (Å²) in [5, 5.41) is 0. The second-order valence-corrected chi connectivity index (χ2v) is 4.64. The van der Waals surface area contributed by atoms with E-state index in [1.165, 1.54) is 0 Å². The number of nitrogens with zero attached hydrogens (tertiary/aromatic N) is 3. The molecule has 2 N–H and O–H groups in total. The number of hydrogen-bond donors (Lipinski definition) is 1. The van der Waals surface area contributed by atoms with Gasteiger partial charge in [0.2, 0.25) is 5.95 Å². The van der Waals surface area contributed by atoms with Crippen LogP contribution in [0, 0.1) is 6.92 Å². The summed E-state index contributed by atoms with van der Waals surface area (Å²) in [6.45, 7) is 1.98. The van der Waals surface area contributed by atoms with Crippen molar-refractivity contribution in [2.45, 2.75) is 6.92 Å². The third-order valence-corrected chi connectivity index (χ3v) is 3.40. The summed E-state index contributed by atoms with van der Waals surface area (Å²) in [7, 11) is 3.22. The van der Waals surface area contributed by atoms with Gasteiger partial charge >= 0.3 is 0 Å². The summed E-state index contributed by atoms with van der Waals surface area (Å²) >= 11 is 0. The first kappa shape index (κ1) is 13.2. The van der Waals surface area contributed by atoms with Gasteiger partial charge in [-0.1, -0.05) is 0 Å². The lowest BCUT2D eigenvalue weighted by Gasteiger charge is -2.12. The fraction of sp³-hybridized carbons (Fsp3) is 0.200. The van der Waals surface area contributed by atoms with E-state index in [2.05, 4.69) is 9.97 Å². The third kappa shape index (κ3) is 2.05. The van der Waals surface area contributed by atoms with Crippen LogP contribution in [0.2, 0.25) is 0 Å². The highest BCUT2D eigenvalue weighted by Gasteiger charge is 2.16. The minimum absolute atomic E-state index is 0.360. The Morgan fingerprint density at radius 3 is 2.67 bits per heavy atom. The number of methoxy groups -OCH3 is 2. The summed E-state index contributed by atoms with van der Waals surface area (Å²) in [4.78, 5) is 8.80. The molecule has 3 aromatic rings. The molecule has 1 aromatic carbocycles. The number of benzene rings is 1. The van der Waals surface area contributed by atoms with Crippen LogP contribution in [0.15, 0.2) is 30.5 Å². The smallest absolute Gasteiger partial charge is 0.207 e. The Morgan fingerprint density at radius 1 is 1.14 bits per heavy atom. The van der Waals surface area contributed by atoms with Crippen molar-refractivity contribution in [3.05, 3.63) is 36.0 Å². The van der Waals surface area contributed by atoms with Gasteiger partial charge in [0.25, 0.3) is 0 Å². The molecule has 0 aliphatic carbocycles. The van der Waals surface area contributed by atoms with Gasteiger partial charge in [0.05, 0.1) is 19.9 Å². The molecule has 0 saturated heterocycles. The predicted octanol–water partition coefficient (Wildman–Crippen LogP) is 2.33. The van der Waals surface area contributed by atoms with Crippen LogP contribution in [-0.2, 0) is 0 Å². The molecule has 108 valence electrons. The van der Waals surface area contributed by atoms with E-state index in [0.717, 1.165) is 16.8 Å². The molecule has 0 aliphatic rings. The number of rotatable bonds is 3. The van der Waals surface area contributed by atoms with E-state index in [1.807, 2.05) is 31.2 Å². The highest BCUT2D eigenvalue weighted by molar-refractivity contribution is 5.80. The Bertz CT molecular complexity index is 811. The lowest BCUT2D eigenvalue weighted by atomic mass is 10.2. The number of hydrogen-bond acceptors (Lipinski definition) is 5. The molecular weight excluding hydrogens is 268 g/mol. The highest BCUT2D eigenvalue weighted by atomic mass is 16.5. The third-order valence-electron chi connectivity index (χ3n) is 3.40. The Hall–Kier alpha value is -2.76. The second-order valence-electron chi connectivity index (χ2n) is 4.64. The first-order valence-corrected chi connectivity index (χ1v) is 6.47. The van der Waals surface area contributed by atoms with Crippen molar-refractivity contribution in [1.29, 1.82) is 0 Å². The molecule has 0 radical (unpaired) electrons. The number of anilines is 1. The number of pyridine rings is 1. The van der Waals surface area contributed by atoms with E-state index >= 15 is 0 Å². The topological polar surface area (TPSA) is 75.2 Å². The van der Waals surface area contributed by atoms with Gasteiger partial charge in [-0.15, -0.1) is 0 Å². The molecule has 21 heavy (non-hydrogen) atoms. The van der Waals surface area contributed by atoms with Crippen LogP contribution in [-0.4, -0.2) is 28.8 Å². The number of ether oxygens (including phenoxy) is 2. The van der Waals surface area contributed by atoms with Crippen molar-refractivity contribution in [2.75, 3.05) is 20.0 Å². The zero-order valence-electron chi connectivity index (χ0n) is 12.1. The largest absolute Gasteiger partial charge is 0.497 e.